The van der Waals surface area contributed by atoms with Crippen LogP contribution in [0.15, 0.2) is 22.4 Å². The number of thioether (sulfide) groups is 2. The summed E-state index contributed by atoms with van der Waals surface area (Å²) in [6.07, 6.45) is 0. The van der Waals surface area contributed by atoms with Gasteiger partial charge in [0.1, 0.15) is 0 Å². The second kappa shape index (κ2) is 12.4. The fraction of sp³-hybridized carbons (Fsp3) is 0.538. The summed E-state index contributed by atoms with van der Waals surface area (Å²) >= 11 is 2.72. The van der Waals surface area contributed by atoms with Gasteiger partial charge in [0.15, 0.2) is 10.3 Å². The fourth-order valence-corrected chi connectivity index (χ4v) is 3.44. The maximum atomic E-state index is 12.0. The van der Waals surface area contributed by atoms with E-state index in [0.29, 0.717) is 22.6 Å². The summed E-state index contributed by atoms with van der Waals surface area (Å²) in [6, 6.07) is 0. The monoisotopic (exact) mass is 450 g/mol. The van der Waals surface area contributed by atoms with Crippen LogP contribution in [0, 0.1) is 0 Å². The van der Waals surface area contributed by atoms with Gasteiger partial charge in [0.25, 0.3) is 0 Å². The van der Waals surface area contributed by atoms with Crippen molar-refractivity contribution in [1.29, 1.82) is 0 Å². The van der Waals surface area contributed by atoms with Crippen molar-refractivity contribution in [2.45, 2.75) is 26.5 Å². The molecular weight excluding hydrogens is 426 g/mol. The fourth-order valence-electron chi connectivity index (χ4n) is 1.69. The topological polar surface area (TPSA) is 143 Å². The zero-order valence-corrected chi connectivity index (χ0v) is 19.3. The maximum absolute atomic E-state index is 12.0. The first-order valence-corrected chi connectivity index (χ1v) is 10.3. The minimum absolute atomic E-state index is 0. The Morgan fingerprint density at radius 1 is 1.33 bits per heavy atom. The number of amidine groups is 2. The molecule has 0 aromatic rings. The number of rotatable bonds is 3. The van der Waals surface area contributed by atoms with Gasteiger partial charge < -0.3 is 16.1 Å². The number of nitrogens with zero attached hydrogens (tertiary/aromatic N) is 4. The number of hydrogen-bond acceptors (Lipinski definition) is 7. The van der Waals surface area contributed by atoms with Crippen LogP contribution >= 0.6 is 31.3 Å². The molecule has 150 valence electrons. The minimum Gasteiger partial charge on any atom is -1.00 e. The third-order valence-corrected chi connectivity index (χ3v) is 4.83. The predicted molar refractivity (Wildman–Crippen MR) is 106 cm³/mol. The normalized spacial score (nSPS) is 22.4. The summed E-state index contributed by atoms with van der Waals surface area (Å²) in [5.74, 6) is 0.412. The van der Waals surface area contributed by atoms with Crippen LogP contribution < -0.4 is 29.6 Å². The summed E-state index contributed by atoms with van der Waals surface area (Å²) in [6.45, 7) is 7.97. The molecule has 0 aromatic heterocycles. The van der Waals surface area contributed by atoms with Crippen LogP contribution in [-0.4, -0.2) is 71.2 Å². The zero-order chi connectivity index (χ0) is 19.4. The van der Waals surface area contributed by atoms with Crippen LogP contribution in [0.2, 0.25) is 0 Å². The number of amides is 2. The molecule has 0 aliphatic carbocycles. The largest absolute Gasteiger partial charge is 1.00 e. The summed E-state index contributed by atoms with van der Waals surface area (Å²) in [5.41, 5.74) is 0.885. The van der Waals surface area contributed by atoms with Crippen molar-refractivity contribution in [2.24, 2.45) is 10.2 Å². The second-order valence-corrected chi connectivity index (χ2v) is 8.44. The smallest absolute Gasteiger partial charge is 1.00 e. The molecule has 2 aliphatic rings. The van der Waals surface area contributed by atoms with E-state index >= 15 is 0 Å². The van der Waals surface area contributed by atoms with E-state index in [1.165, 1.54) is 28.4 Å². The predicted octanol–water partition coefficient (Wildman–Crippen LogP) is -1.82. The SMILES string of the molecule is C.C=C(C)CN1C(=O)C(C)SC1=NN=C1SCC(=O)N1C.O=P(O)(O)O.[H-].[Na+]. The Morgan fingerprint density at radius 2 is 1.81 bits per heavy atom. The van der Waals surface area contributed by atoms with E-state index in [1.807, 2.05) is 13.8 Å². The van der Waals surface area contributed by atoms with E-state index < -0.39 is 7.82 Å². The van der Waals surface area contributed by atoms with Crippen LogP contribution in [-0.2, 0) is 14.2 Å². The molecule has 0 bridgehead atoms. The van der Waals surface area contributed by atoms with Crippen LogP contribution in [0.1, 0.15) is 22.7 Å². The molecule has 2 fully saturated rings. The first kappa shape index (κ1) is 29.0. The molecule has 0 spiro atoms. The van der Waals surface area contributed by atoms with E-state index in [2.05, 4.69) is 16.8 Å². The number of phosphoric acid groups is 1. The van der Waals surface area contributed by atoms with Crippen molar-refractivity contribution in [3.63, 3.8) is 0 Å². The van der Waals surface area contributed by atoms with E-state index in [4.69, 9.17) is 19.2 Å². The van der Waals surface area contributed by atoms with Gasteiger partial charge in [-0.1, -0.05) is 43.1 Å². The Labute approximate surface area is 190 Å². The van der Waals surface area contributed by atoms with Crippen molar-refractivity contribution in [3.8, 4) is 0 Å². The molecule has 2 saturated heterocycles. The van der Waals surface area contributed by atoms with Crippen LogP contribution in [0.4, 0.5) is 0 Å². The van der Waals surface area contributed by atoms with Gasteiger partial charge in [-0.15, -0.1) is 10.2 Å². The van der Waals surface area contributed by atoms with Gasteiger partial charge in [-0.05, 0) is 13.8 Å². The van der Waals surface area contributed by atoms with Gasteiger partial charge in [-0.2, -0.15) is 0 Å². The van der Waals surface area contributed by atoms with E-state index in [1.54, 1.807) is 11.9 Å². The molecule has 1 atom stereocenters. The molecule has 3 N–H and O–H groups in total. The summed E-state index contributed by atoms with van der Waals surface area (Å²) in [4.78, 5) is 48.0. The van der Waals surface area contributed by atoms with Gasteiger partial charge in [0.05, 0.1) is 11.0 Å². The molecule has 0 saturated carbocycles. The quantitative estimate of drug-likeness (QED) is 0.197. The molecule has 27 heavy (non-hydrogen) atoms. The summed E-state index contributed by atoms with van der Waals surface area (Å²) in [7, 11) is -2.97. The maximum Gasteiger partial charge on any atom is 1.00 e. The average molecular weight is 450 g/mol. The summed E-state index contributed by atoms with van der Waals surface area (Å²) < 4.78 is 8.88. The van der Waals surface area contributed by atoms with Gasteiger partial charge in [0, 0.05) is 13.6 Å². The average Bonchev–Trinajstić information content (AvgIpc) is 2.90. The third kappa shape index (κ3) is 10.2. The number of carbonyl (C=O) groups is 2. The molecule has 10 nitrogen and oxygen atoms in total. The zero-order valence-electron chi connectivity index (χ0n) is 15.8. The second-order valence-electron chi connectivity index (χ2n) is 5.16. The first-order valence-electron chi connectivity index (χ1n) is 6.86. The van der Waals surface area contributed by atoms with Crippen LogP contribution in [0.3, 0.4) is 0 Å². The Hall–Kier alpha value is -0.170. The van der Waals surface area contributed by atoms with E-state index in [0.717, 1.165) is 5.57 Å². The Morgan fingerprint density at radius 3 is 2.22 bits per heavy atom. The molecular formula is C13H24N4NaO6PS2. The molecule has 1 unspecified atom stereocenters. The minimum atomic E-state index is -4.64. The summed E-state index contributed by atoms with van der Waals surface area (Å²) in [5, 5.41) is 9.19. The third-order valence-electron chi connectivity index (χ3n) is 2.76. The number of carbonyl (C=O) groups excluding carboxylic acids is 2. The van der Waals surface area contributed by atoms with Crippen molar-refractivity contribution in [1.82, 2.24) is 9.80 Å². The molecule has 14 heteroatoms. The Bertz CT molecular complexity index is 682. The standard InChI is InChI=1S/C12H16N4O2S2.CH4.Na.H3O4P.H/c1-7(2)5-16-10(18)8(3)20-12(16)14-13-11-15(4)9(17)6-19-11;;;1-5(2,3)4;/h8H,1,5-6H2,2-4H3;1H4;;(H3,1,2,3,4);/q;;+1;;-1. The molecule has 2 aliphatic heterocycles. The van der Waals surface area contributed by atoms with E-state index in [-0.39, 0.29) is 55.5 Å². The first-order chi connectivity index (χ1) is 11.4. The number of hydrogen-bond donors (Lipinski definition) is 3. The molecule has 2 heterocycles. The molecule has 0 aromatic carbocycles. The van der Waals surface area contributed by atoms with Crippen LogP contribution in [0.5, 0.6) is 0 Å². The Kier molecular flexibility index (Phi) is 13.3. The van der Waals surface area contributed by atoms with Gasteiger partial charge in [0.2, 0.25) is 11.8 Å². The molecule has 2 amide bonds. The van der Waals surface area contributed by atoms with Crippen LogP contribution in [0.25, 0.3) is 0 Å². The van der Waals surface area contributed by atoms with E-state index in [9.17, 15) is 9.59 Å². The van der Waals surface area contributed by atoms with Gasteiger partial charge in [-0.3, -0.25) is 19.4 Å². The molecule has 0 radical (unpaired) electrons. The van der Waals surface area contributed by atoms with Gasteiger partial charge in [-0.25, -0.2) is 4.57 Å². The van der Waals surface area contributed by atoms with Crippen molar-refractivity contribution < 1.29 is 59.8 Å². The van der Waals surface area contributed by atoms with Crippen molar-refractivity contribution in [2.75, 3.05) is 19.3 Å². The van der Waals surface area contributed by atoms with Crippen molar-refractivity contribution >= 4 is 53.5 Å². The van der Waals surface area contributed by atoms with Crippen molar-refractivity contribution in [3.05, 3.63) is 12.2 Å². The Balaban J connectivity index is -0.000000700. The molecule has 2 rings (SSSR count). The van der Waals surface area contributed by atoms with Gasteiger partial charge >= 0.3 is 37.4 Å².